The van der Waals surface area contributed by atoms with Crippen molar-refractivity contribution in [2.75, 3.05) is 5.73 Å². The molecule has 0 saturated carbocycles. The fourth-order valence-corrected chi connectivity index (χ4v) is 1.01. The number of carbonyl (C=O) groups excluding carboxylic acids is 1. The van der Waals surface area contributed by atoms with Crippen LogP contribution in [0.5, 0.6) is 0 Å². The Kier molecular flexibility index (Phi) is 2.55. The highest BCUT2D eigenvalue weighted by molar-refractivity contribution is 5.95. The van der Waals surface area contributed by atoms with Crippen LogP contribution >= 0.6 is 0 Å². The summed E-state index contributed by atoms with van der Waals surface area (Å²) in [5.74, 6) is -0.584. The summed E-state index contributed by atoms with van der Waals surface area (Å²) in [4.78, 5) is 10.8. The number of rotatable bonds is 3. The summed E-state index contributed by atoms with van der Waals surface area (Å²) in [6.07, 6.45) is 2.56. The van der Waals surface area contributed by atoms with Crippen LogP contribution in [0.1, 0.15) is 36.8 Å². The van der Waals surface area contributed by atoms with Gasteiger partial charge in [0.1, 0.15) is 0 Å². The molecule has 13 heavy (non-hydrogen) atoms. The molecule has 0 radical (unpaired) electrons. The molecule has 0 aromatic carbocycles. The summed E-state index contributed by atoms with van der Waals surface area (Å²) in [5.41, 5.74) is 11.1. The van der Waals surface area contributed by atoms with E-state index in [1.54, 1.807) is 10.9 Å². The minimum absolute atomic E-state index is 0.153. The van der Waals surface area contributed by atoms with Crippen LogP contribution in [0.15, 0.2) is 6.20 Å². The van der Waals surface area contributed by atoms with Gasteiger partial charge in [0.2, 0.25) is 0 Å². The zero-order valence-corrected chi connectivity index (χ0v) is 7.82. The number of nitrogen functional groups attached to an aromatic ring is 1. The number of nitrogens with zero attached hydrogens (tertiary/aromatic N) is 2. The van der Waals surface area contributed by atoms with Gasteiger partial charge < -0.3 is 11.5 Å². The van der Waals surface area contributed by atoms with Crippen molar-refractivity contribution in [3.63, 3.8) is 0 Å². The van der Waals surface area contributed by atoms with E-state index >= 15 is 0 Å². The Morgan fingerprint density at radius 2 is 2.38 bits per heavy atom. The lowest BCUT2D eigenvalue weighted by Gasteiger charge is -2.07. The first-order chi connectivity index (χ1) is 6.06. The first-order valence-corrected chi connectivity index (χ1v) is 4.20. The van der Waals surface area contributed by atoms with Crippen molar-refractivity contribution >= 4 is 11.6 Å². The number of anilines is 1. The summed E-state index contributed by atoms with van der Waals surface area (Å²) in [5, 5.41) is 4.00. The molecule has 1 aromatic heterocycles. The predicted molar refractivity (Wildman–Crippen MR) is 50.2 cm³/mol. The van der Waals surface area contributed by atoms with E-state index in [4.69, 9.17) is 11.5 Å². The highest BCUT2D eigenvalue weighted by Crippen LogP contribution is 2.14. The molecular formula is C8H14N4O. The highest BCUT2D eigenvalue weighted by atomic mass is 16.1. The molecule has 5 nitrogen and oxygen atoms in total. The Balaban J connectivity index is 3.01. The fraction of sp³-hybridized carbons (Fsp3) is 0.500. The van der Waals surface area contributed by atoms with Gasteiger partial charge in [-0.05, 0) is 13.3 Å². The quantitative estimate of drug-likeness (QED) is 0.715. The molecule has 1 unspecified atom stereocenters. The van der Waals surface area contributed by atoms with Crippen LogP contribution in [0.4, 0.5) is 5.69 Å². The molecule has 0 bridgehead atoms. The lowest BCUT2D eigenvalue weighted by atomic mass is 10.3. The van der Waals surface area contributed by atoms with Gasteiger partial charge in [-0.3, -0.25) is 9.48 Å². The van der Waals surface area contributed by atoms with Crippen LogP contribution in [0, 0.1) is 0 Å². The maximum atomic E-state index is 10.8. The molecule has 1 heterocycles. The van der Waals surface area contributed by atoms with Gasteiger partial charge in [0.25, 0.3) is 5.91 Å². The summed E-state index contributed by atoms with van der Waals surface area (Å²) in [6.45, 7) is 4.03. The van der Waals surface area contributed by atoms with Crippen LogP contribution in [0.25, 0.3) is 0 Å². The van der Waals surface area contributed by atoms with E-state index in [0.29, 0.717) is 5.69 Å². The predicted octanol–water partition coefficient (Wildman–Crippen LogP) is 0.535. The minimum Gasteiger partial charge on any atom is -0.396 e. The van der Waals surface area contributed by atoms with Gasteiger partial charge in [-0.2, -0.15) is 5.10 Å². The zero-order valence-electron chi connectivity index (χ0n) is 7.82. The number of nitrogens with two attached hydrogens (primary N) is 2. The Morgan fingerprint density at radius 1 is 1.77 bits per heavy atom. The smallest absolute Gasteiger partial charge is 0.271 e. The summed E-state index contributed by atoms with van der Waals surface area (Å²) in [6, 6.07) is 0.232. The maximum absolute atomic E-state index is 10.8. The van der Waals surface area contributed by atoms with E-state index in [1.807, 2.05) is 13.8 Å². The van der Waals surface area contributed by atoms with Gasteiger partial charge in [0, 0.05) is 12.2 Å². The molecule has 0 aliphatic rings. The third-order valence-corrected chi connectivity index (χ3v) is 2.04. The second-order valence-electron chi connectivity index (χ2n) is 3.03. The van der Waals surface area contributed by atoms with E-state index in [2.05, 4.69) is 5.10 Å². The molecule has 1 atom stereocenters. The maximum Gasteiger partial charge on any atom is 0.271 e. The summed E-state index contributed by atoms with van der Waals surface area (Å²) < 4.78 is 1.66. The van der Waals surface area contributed by atoms with E-state index in [1.165, 1.54) is 0 Å². The summed E-state index contributed by atoms with van der Waals surface area (Å²) >= 11 is 0. The molecule has 4 N–H and O–H groups in total. The van der Waals surface area contributed by atoms with Crippen LogP contribution < -0.4 is 11.5 Å². The van der Waals surface area contributed by atoms with Crippen molar-refractivity contribution in [3.8, 4) is 0 Å². The average molecular weight is 182 g/mol. The number of aromatic nitrogens is 2. The number of hydrogen-bond donors (Lipinski definition) is 2. The molecule has 1 amide bonds. The van der Waals surface area contributed by atoms with Crippen LogP contribution in [0.3, 0.4) is 0 Å². The molecule has 1 rings (SSSR count). The van der Waals surface area contributed by atoms with Gasteiger partial charge >= 0.3 is 0 Å². The molecule has 0 aliphatic carbocycles. The molecule has 5 heteroatoms. The van der Waals surface area contributed by atoms with E-state index in [0.717, 1.165) is 6.42 Å². The lowest BCUT2D eigenvalue weighted by Crippen LogP contribution is -2.14. The number of hydrogen-bond acceptors (Lipinski definition) is 3. The summed E-state index contributed by atoms with van der Waals surface area (Å²) in [7, 11) is 0. The Hall–Kier alpha value is -1.52. The Morgan fingerprint density at radius 3 is 2.77 bits per heavy atom. The molecule has 1 aromatic rings. The number of primary amides is 1. The normalized spacial score (nSPS) is 12.8. The lowest BCUT2D eigenvalue weighted by molar-refractivity contribution is 0.0995. The topological polar surface area (TPSA) is 86.9 Å². The average Bonchev–Trinajstić information content (AvgIpc) is 2.46. The van der Waals surface area contributed by atoms with Gasteiger partial charge in [0.15, 0.2) is 5.69 Å². The van der Waals surface area contributed by atoms with E-state index in [9.17, 15) is 4.79 Å². The van der Waals surface area contributed by atoms with Crippen LogP contribution in [-0.4, -0.2) is 15.7 Å². The third-order valence-electron chi connectivity index (χ3n) is 2.04. The van der Waals surface area contributed by atoms with Crippen LogP contribution in [-0.2, 0) is 0 Å². The first-order valence-electron chi connectivity index (χ1n) is 4.20. The molecule has 0 spiro atoms. The number of carbonyl (C=O) groups is 1. The zero-order chi connectivity index (χ0) is 10.0. The van der Waals surface area contributed by atoms with Gasteiger partial charge in [-0.15, -0.1) is 0 Å². The van der Waals surface area contributed by atoms with Crippen molar-refractivity contribution in [2.45, 2.75) is 26.3 Å². The van der Waals surface area contributed by atoms with Crippen molar-refractivity contribution in [2.24, 2.45) is 5.73 Å². The molecule has 0 aliphatic heterocycles. The van der Waals surface area contributed by atoms with Crippen LogP contribution in [0.2, 0.25) is 0 Å². The van der Waals surface area contributed by atoms with Crippen molar-refractivity contribution < 1.29 is 4.79 Å². The number of amides is 1. The molecule has 0 saturated heterocycles. The standard InChI is InChI=1S/C8H14N4O/c1-3-5(2)12-4-6(9)7(11-12)8(10)13/h4-5H,3,9H2,1-2H3,(H2,10,13). The van der Waals surface area contributed by atoms with Gasteiger partial charge in [0.05, 0.1) is 5.69 Å². The SMILES string of the molecule is CCC(C)n1cc(N)c(C(N)=O)n1. The highest BCUT2D eigenvalue weighted by Gasteiger charge is 2.13. The Labute approximate surface area is 76.7 Å². The van der Waals surface area contributed by atoms with Gasteiger partial charge in [-0.25, -0.2) is 0 Å². The van der Waals surface area contributed by atoms with Crippen molar-refractivity contribution in [3.05, 3.63) is 11.9 Å². The molecule has 72 valence electrons. The van der Waals surface area contributed by atoms with E-state index in [-0.39, 0.29) is 11.7 Å². The fourth-order valence-electron chi connectivity index (χ4n) is 1.01. The largest absolute Gasteiger partial charge is 0.396 e. The second kappa shape index (κ2) is 3.47. The second-order valence-corrected chi connectivity index (χ2v) is 3.03. The van der Waals surface area contributed by atoms with Crippen molar-refractivity contribution in [1.82, 2.24) is 9.78 Å². The monoisotopic (exact) mass is 182 g/mol. The first kappa shape index (κ1) is 9.57. The Bertz CT molecular complexity index is 318. The molecular weight excluding hydrogens is 168 g/mol. The molecule has 0 fully saturated rings. The van der Waals surface area contributed by atoms with E-state index < -0.39 is 5.91 Å². The third kappa shape index (κ3) is 1.80. The minimum atomic E-state index is -0.584. The van der Waals surface area contributed by atoms with Crippen molar-refractivity contribution in [1.29, 1.82) is 0 Å². The van der Waals surface area contributed by atoms with Gasteiger partial charge in [-0.1, -0.05) is 6.92 Å².